The van der Waals surface area contributed by atoms with Gasteiger partial charge in [0.05, 0.1) is 17.4 Å². The Morgan fingerprint density at radius 2 is 1.43 bits per heavy atom. The predicted molar refractivity (Wildman–Crippen MR) is 135 cm³/mol. The maximum absolute atomic E-state index is 13.2. The van der Waals surface area contributed by atoms with Gasteiger partial charge in [0.25, 0.3) is 5.91 Å². The zero-order valence-corrected chi connectivity index (χ0v) is 20.2. The smallest absolute Gasteiger partial charge is 0.253 e. The van der Waals surface area contributed by atoms with Crippen molar-refractivity contribution >= 4 is 29.1 Å². The minimum atomic E-state index is -0.0422. The molecule has 35 heavy (non-hydrogen) atoms. The summed E-state index contributed by atoms with van der Waals surface area (Å²) in [6, 6.07) is 13.7. The number of nitrogens with one attached hydrogen (secondary N) is 1. The van der Waals surface area contributed by atoms with Gasteiger partial charge >= 0.3 is 0 Å². The fraction of sp³-hybridized carbons (Fsp3) is 0.464. The largest absolute Gasteiger partial charge is 0.336 e. The Kier molecular flexibility index (Phi) is 5.60. The molecule has 2 aromatic rings. The molecule has 2 heterocycles. The second kappa shape index (κ2) is 8.79. The maximum Gasteiger partial charge on any atom is 0.253 e. The normalized spacial score (nSPS) is 22.1. The number of nitrogens with zero attached hydrogens (tertiary/aromatic N) is 3. The van der Waals surface area contributed by atoms with Crippen molar-refractivity contribution in [1.82, 2.24) is 10.2 Å². The Bertz CT molecular complexity index is 1160. The molecule has 1 atom stereocenters. The average Bonchev–Trinajstić information content (AvgIpc) is 3.80. The molecule has 2 aliphatic carbocycles. The van der Waals surface area contributed by atoms with Crippen molar-refractivity contribution < 1.29 is 14.4 Å². The van der Waals surface area contributed by atoms with Crippen molar-refractivity contribution in [2.24, 2.45) is 11.8 Å². The molecule has 3 amide bonds. The van der Waals surface area contributed by atoms with E-state index in [1.165, 1.54) is 0 Å². The van der Waals surface area contributed by atoms with E-state index >= 15 is 0 Å². The van der Waals surface area contributed by atoms with Crippen LogP contribution in [-0.4, -0.2) is 61.4 Å². The zero-order chi connectivity index (χ0) is 24.1. The Balaban J connectivity index is 1.32. The molecule has 3 fully saturated rings. The molecule has 0 spiro atoms. The lowest BCUT2D eigenvalue weighted by Gasteiger charge is -2.41. The van der Waals surface area contributed by atoms with E-state index in [1.807, 2.05) is 64.1 Å². The van der Waals surface area contributed by atoms with E-state index < -0.39 is 0 Å². The average molecular weight is 473 g/mol. The summed E-state index contributed by atoms with van der Waals surface area (Å²) in [6.07, 6.45) is 3.82. The van der Waals surface area contributed by atoms with Gasteiger partial charge in [0.2, 0.25) is 11.8 Å². The van der Waals surface area contributed by atoms with Gasteiger partial charge in [-0.3, -0.25) is 14.4 Å². The fourth-order valence-corrected chi connectivity index (χ4v) is 5.28. The molecule has 7 heteroatoms. The highest BCUT2D eigenvalue weighted by atomic mass is 16.2. The highest BCUT2D eigenvalue weighted by molar-refractivity contribution is 6.07. The molecule has 0 aromatic heterocycles. The standard InChI is InChI=1S/C28H32N4O3/c1-18-17-31(27(34)21-6-7-21)25-16-23(10-11-24(25)32(18)28(35)22-8-9-22)19-2-4-20(5-3-19)26(33)30-14-12-29-13-15-30/h2-5,10-11,16,18,21-22,29H,6-9,12-15,17H2,1H3. The van der Waals surface area contributed by atoms with Crippen LogP contribution in [0.25, 0.3) is 11.1 Å². The van der Waals surface area contributed by atoms with Crippen LogP contribution in [0.3, 0.4) is 0 Å². The minimum Gasteiger partial charge on any atom is -0.336 e. The van der Waals surface area contributed by atoms with E-state index in [9.17, 15) is 14.4 Å². The van der Waals surface area contributed by atoms with Crippen LogP contribution in [0.4, 0.5) is 11.4 Å². The molecule has 6 rings (SSSR count). The van der Waals surface area contributed by atoms with Crippen LogP contribution in [0.2, 0.25) is 0 Å². The molecule has 0 radical (unpaired) electrons. The molecule has 0 bridgehead atoms. The van der Waals surface area contributed by atoms with Crippen LogP contribution in [0, 0.1) is 11.8 Å². The molecule has 2 aromatic carbocycles. The molecular formula is C28H32N4O3. The fourth-order valence-electron chi connectivity index (χ4n) is 5.28. The maximum atomic E-state index is 13.2. The molecule has 1 N–H and O–H groups in total. The van der Waals surface area contributed by atoms with Crippen LogP contribution in [0.5, 0.6) is 0 Å². The molecule has 1 unspecified atom stereocenters. The van der Waals surface area contributed by atoms with Crippen molar-refractivity contribution in [1.29, 1.82) is 0 Å². The van der Waals surface area contributed by atoms with Crippen LogP contribution in [-0.2, 0) is 9.59 Å². The highest BCUT2D eigenvalue weighted by Gasteiger charge is 2.43. The van der Waals surface area contributed by atoms with Crippen LogP contribution in [0.1, 0.15) is 43.0 Å². The number of rotatable bonds is 4. The number of anilines is 2. The molecule has 182 valence electrons. The Morgan fingerprint density at radius 1 is 0.800 bits per heavy atom. The minimum absolute atomic E-state index is 0.0422. The van der Waals surface area contributed by atoms with Crippen molar-refractivity contribution in [3.8, 4) is 11.1 Å². The van der Waals surface area contributed by atoms with Crippen molar-refractivity contribution in [2.75, 3.05) is 42.5 Å². The summed E-state index contributed by atoms with van der Waals surface area (Å²) < 4.78 is 0. The van der Waals surface area contributed by atoms with E-state index in [-0.39, 0.29) is 35.6 Å². The third kappa shape index (κ3) is 4.22. The quantitative estimate of drug-likeness (QED) is 0.741. The number of fused-ring (bicyclic) bond motifs is 1. The second-order valence-electron chi connectivity index (χ2n) is 10.4. The molecule has 2 saturated carbocycles. The summed E-state index contributed by atoms with van der Waals surface area (Å²) in [5.74, 6) is 0.649. The van der Waals surface area contributed by atoms with E-state index in [2.05, 4.69) is 5.32 Å². The Labute approximate surface area is 206 Å². The van der Waals surface area contributed by atoms with Gasteiger partial charge in [-0.15, -0.1) is 0 Å². The van der Waals surface area contributed by atoms with Crippen molar-refractivity contribution in [3.05, 3.63) is 48.0 Å². The highest BCUT2D eigenvalue weighted by Crippen LogP contribution is 2.44. The third-order valence-corrected chi connectivity index (χ3v) is 7.64. The molecule has 1 saturated heterocycles. The van der Waals surface area contributed by atoms with E-state index in [1.54, 1.807) is 0 Å². The summed E-state index contributed by atoms with van der Waals surface area (Å²) in [4.78, 5) is 44.9. The Hall–Kier alpha value is -3.19. The topological polar surface area (TPSA) is 73.0 Å². The van der Waals surface area contributed by atoms with Gasteiger partial charge in [-0.05, 0) is 68.0 Å². The number of hydrogen-bond acceptors (Lipinski definition) is 4. The molecule has 4 aliphatic rings. The van der Waals surface area contributed by atoms with Crippen molar-refractivity contribution in [3.63, 3.8) is 0 Å². The monoisotopic (exact) mass is 472 g/mol. The summed E-state index contributed by atoms with van der Waals surface area (Å²) >= 11 is 0. The molecule has 2 aliphatic heterocycles. The van der Waals surface area contributed by atoms with Gasteiger partial charge in [-0.25, -0.2) is 0 Å². The third-order valence-electron chi connectivity index (χ3n) is 7.64. The number of piperazine rings is 1. The number of amides is 3. The van der Waals surface area contributed by atoms with Crippen LogP contribution in [0.15, 0.2) is 42.5 Å². The van der Waals surface area contributed by atoms with E-state index in [4.69, 9.17) is 0 Å². The lowest BCUT2D eigenvalue weighted by Crippen LogP contribution is -2.52. The first-order chi connectivity index (χ1) is 17.0. The number of carbonyl (C=O) groups is 3. The van der Waals surface area contributed by atoms with Crippen LogP contribution < -0.4 is 15.1 Å². The van der Waals surface area contributed by atoms with E-state index in [0.717, 1.165) is 74.4 Å². The first-order valence-electron chi connectivity index (χ1n) is 12.9. The number of benzene rings is 2. The lowest BCUT2D eigenvalue weighted by atomic mass is 9.99. The van der Waals surface area contributed by atoms with Gasteiger partial charge in [0.15, 0.2) is 0 Å². The van der Waals surface area contributed by atoms with Crippen molar-refractivity contribution in [2.45, 2.75) is 38.6 Å². The summed E-state index contributed by atoms with van der Waals surface area (Å²) in [6.45, 7) is 5.68. The van der Waals surface area contributed by atoms with E-state index in [0.29, 0.717) is 12.1 Å². The summed E-state index contributed by atoms with van der Waals surface area (Å²) in [7, 11) is 0. The van der Waals surface area contributed by atoms with Gasteiger partial charge in [0.1, 0.15) is 0 Å². The zero-order valence-electron chi connectivity index (χ0n) is 20.2. The second-order valence-corrected chi connectivity index (χ2v) is 10.4. The van der Waals surface area contributed by atoms with Crippen LogP contribution >= 0.6 is 0 Å². The van der Waals surface area contributed by atoms with Gasteiger partial charge < -0.3 is 20.0 Å². The van der Waals surface area contributed by atoms with Gasteiger partial charge in [-0.1, -0.05) is 18.2 Å². The number of carbonyl (C=O) groups excluding carboxylic acids is 3. The first-order valence-corrected chi connectivity index (χ1v) is 12.9. The van der Waals surface area contributed by atoms with Gasteiger partial charge in [-0.2, -0.15) is 0 Å². The molecule has 7 nitrogen and oxygen atoms in total. The number of hydrogen-bond donors (Lipinski definition) is 1. The molecular weight excluding hydrogens is 440 g/mol. The van der Waals surface area contributed by atoms with Gasteiger partial charge in [0, 0.05) is 50.1 Å². The predicted octanol–water partition coefficient (Wildman–Crippen LogP) is 3.29. The first kappa shape index (κ1) is 22.3. The SMILES string of the molecule is CC1CN(C(=O)C2CC2)c2cc(-c3ccc(C(=O)N4CCNCC4)cc3)ccc2N1C(=O)C1CC1. The summed E-state index contributed by atoms with van der Waals surface area (Å²) in [5.41, 5.74) is 4.32. The summed E-state index contributed by atoms with van der Waals surface area (Å²) in [5, 5.41) is 3.27. The lowest BCUT2D eigenvalue weighted by molar-refractivity contribution is -0.122. The Morgan fingerprint density at radius 3 is 2.09 bits per heavy atom.